The van der Waals surface area contributed by atoms with Crippen LogP contribution in [0.2, 0.25) is 0 Å². The number of hydrogen-bond donors (Lipinski definition) is 2. The zero-order valence-corrected chi connectivity index (χ0v) is 15.8. The van der Waals surface area contributed by atoms with E-state index in [0.29, 0.717) is 18.7 Å². The van der Waals surface area contributed by atoms with Gasteiger partial charge in [-0.15, -0.1) is 0 Å². The van der Waals surface area contributed by atoms with Crippen molar-refractivity contribution in [1.29, 1.82) is 0 Å². The Morgan fingerprint density at radius 2 is 1.85 bits per heavy atom. The maximum Gasteiger partial charge on any atom is 0.407 e. The van der Waals surface area contributed by atoms with Gasteiger partial charge in [0.1, 0.15) is 0 Å². The molecular formula is C18H25N3O4S. The first-order chi connectivity index (χ1) is 12.6. The van der Waals surface area contributed by atoms with Crippen molar-refractivity contribution >= 4 is 35.4 Å². The van der Waals surface area contributed by atoms with Gasteiger partial charge in [0, 0.05) is 43.2 Å². The van der Waals surface area contributed by atoms with Crippen LogP contribution in [0.25, 0.3) is 0 Å². The van der Waals surface area contributed by atoms with Crippen LogP contribution in [-0.4, -0.2) is 60.6 Å². The highest BCUT2D eigenvalue weighted by Gasteiger charge is 2.16. The summed E-state index contributed by atoms with van der Waals surface area (Å²) in [4.78, 5) is 37.1. The highest BCUT2D eigenvalue weighted by molar-refractivity contribution is 7.99. The molecule has 1 aliphatic rings. The van der Waals surface area contributed by atoms with Crippen LogP contribution in [0.15, 0.2) is 24.3 Å². The van der Waals surface area contributed by atoms with Crippen LogP contribution in [0, 0.1) is 0 Å². The predicted octanol–water partition coefficient (Wildman–Crippen LogP) is 1.88. The maximum atomic E-state index is 12.3. The maximum absolute atomic E-state index is 12.3. The third kappa shape index (κ3) is 6.95. The lowest BCUT2D eigenvalue weighted by molar-refractivity contribution is -0.130. The van der Waals surface area contributed by atoms with E-state index in [-0.39, 0.29) is 24.8 Å². The van der Waals surface area contributed by atoms with Crippen LogP contribution in [-0.2, 0) is 20.7 Å². The van der Waals surface area contributed by atoms with E-state index in [9.17, 15) is 14.4 Å². The molecule has 142 valence electrons. The summed E-state index contributed by atoms with van der Waals surface area (Å²) in [6.45, 7) is 3.86. The average Bonchev–Trinajstić information content (AvgIpc) is 2.64. The Balaban J connectivity index is 1.73. The van der Waals surface area contributed by atoms with Crippen molar-refractivity contribution in [2.45, 2.75) is 19.8 Å². The van der Waals surface area contributed by atoms with Crippen molar-refractivity contribution in [2.75, 3.05) is 43.1 Å². The number of amides is 3. The first kappa shape index (κ1) is 20.1. The van der Waals surface area contributed by atoms with Gasteiger partial charge in [-0.25, -0.2) is 4.79 Å². The molecule has 0 unspecified atom stereocenters. The summed E-state index contributed by atoms with van der Waals surface area (Å²) in [6.07, 6.45) is 0.00981. The molecule has 0 atom stereocenters. The molecule has 0 saturated carbocycles. The molecule has 1 heterocycles. The molecule has 26 heavy (non-hydrogen) atoms. The van der Waals surface area contributed by atoms with Crippen LogP contribution >= 0.6 is 11.8 Å². The molecule has 2 N–H and O–H groups in total. The van der Waals surface area contributed by atoms with E-state index in [4.69, 9.17) is 4.74 Å². The van der Waals surface area contributed by atoms with Crippen LogP contribution in [0.1, 0.15) is 18.9 Å². The Bertz CT molecular complexity index is 615. The lowest BCUT2D eigenvalue weighted by atomic mass is 10.1. The number of anilines is 1. The van der Waals surface area contributed by atoms with Crippen LogP contribution in [0.5, 0.6) is 0 Å². The van der Waals surface area contributed by atoms with E-state index < -0.39 is 6.09 Å². The summed E-state index contributed by atoms with van der Waals surface area (Å²) in [6, 6.07) is 7.27. The number of hydrogen-bond acceptors (Lipinski definition) is 5. The minimum absolute atomic E-state index is 0.145. The number of nitrogens with zero attached hydrogens (tertiary/aromatic N) is 1. The number of carbonyl (C=O) groups is 3. The lowest BCUT2D eigenvalue weighted by Gasteiger charge is -2.26. The number of carbonyl (C=O) groups excluding carboxylic acids is 3. The van der Waals surface area contributed by atoms with Gasteiger partial charge in [0.2, 0.25) is 11.8 Å². The molecule has 1 fully saturated rings. The second-order valence-corrected chi connectivity index (χ2v) is 7.04. The summed E-state index contributed by atoms with van der Waals surface area (Å²) >= 11 is 1.88. The topological polar surface area (TPSA) is 87.7 Å². The Labute approximate surface area is 157 Å². The van der Waals surface area contributed by atoms with Crippen molar-refractivity contribution in [1.82, 2.24) is 10.2 Å². The van der Waals surface area contributed by atoms with E-state index in [1.807, 2.05) is 28.8 Å². The number of nitrogens with one attached hydrogen (secondary N) is 2. The largest absolute Gasteiger partial charge is 0.450 e. The second-order valence-electron chi connectivity index (χ2n) is 5.81. The lowest BCUT2D eigenvalue weighted by Crippen LogP contribution is -2.38. The van der Waals surface area contributed by atoms with Crippen LogP contribution in [0.3, 0.4) is 0 Å². The minimum atomic E-state index is -0.526. The number of ether oxygens (including phenoxy) is 1. The van der Waals surface area contributed by atoms with Crippen molar-refractivity contribution in [3.8, 4) is 0 Å². The Morgan fingerprint density at radius 1 is 1.15 bits per heavy atom. The predicted molar refractivity (Wildman–Crippen MR) is 102 cm³/mol. The summed E-state index contributed by atoms with van der Waals surface area (Å²) in [5.74, 6) is 1.95. The first-order valence-corrected chi connectivity index (χ1v) is 9.89. The van der Waals surface area contributed by atoms with Crippen LogP contribution in [0.4, 0.5) is 10.5 Å². The molecule has 1 aliphatic heterocycles. The zero-order chi connectivity index (χ0) is 18.8. The molecule has 0 radical (unpaired) electrons. The number of benzene rings is 1. The highest BCUT2D eigenvalue weighted by Crippen LogP contribution is 2.14. The first-order valence-electron chi connectivity index (χ1n) is 8.73. The molecule has 0 aromatic heterocycles. The van der Waals surface area contributed by atoms with Gasteiger partial charge in [0.15, 0.2) is 0 Å². The molecule has 0 aliphatic carbocycles. The molecule has 7 nitrogen and oxygen atoms in total. The summed E-state index contributed by atoms with van der Waals surface area (Å²) in [5, 5.41) is 5.26. The summed E-state index contributed by atoms with van der Waals surface area (Å²) < 4.78 is 4.72. The van der Waals surface area contributed by atoms with E-state index in [0.717, 1.165) is 30.2 Å². The SMILES string of the molecule is CCOC(=O)NCCC(=O)Nc1ccc(CC(=O)N2CCSCC2)cc1. The van der Waals surface area contributed by atoms with Gasteiger partial charge in [-0.05, 0) is 24.6 Å². The Morgan fingerprint density at radius 3 is 2.50 bits per heavy atom. The number of thioether (sulfide) groups is 1. The molecule has 2 rings (SSSR count). The van der Waals surface area contributed by atoms with Crippen molar-refractivity contribution in [2.24, 2.45) is 0 Å². The van der Waals surface area contributed by atoms with E-state index in [2.05, 4.69) is 10.6 Å². The van der Waals surface area contributed by atoms with E-state index >= 15 is 0 Å². The quantitative estimate of drug-likeness (QED) is 0.755. The summed E-state index contributed by atoms with van der Waals surface area (Å²) in [7, 11) is 0. The normalized spacial score (nSPS) is 13.8. The molecule has 0 bridgehead atoms. The zero-order valence-electron chi connectivity index (χ0n) is 15.0. The molecular weight excluding hydrogens is 354 g/mol. The third-order valence-corrected chi connectivity index (χ3v) is 4.80. The van der Waals surface area contributed by atoms with E-state index in [1.165, 1.54) is 0 Å². The van der Waals surface area contributed by atoms with Crippen molar-refractivity contribution in [3.63, 3.8) is 0 Å². The molecule has 0 spiro atoms. The second kappa shape index (κ2) is 10.7. The van der Waals surface area contributed by atoms with Gasteiger partial charge in [-0.1, -0.05) is 12.1 Å². The molecule has 1 aromatic rings. The van der Waals surface area contributed by atoms with E-state index in [1.54, 1.807) is 19.1 Å². The van der Waals surface area contributed by atoms with Gasteiger partial charge < -0.3 is 20.3 Å². The monoisotopic (exact) mass is 379 g/mol. The third-order valence-electron chi connectivity index (χ3n) is 3.85. The average molecular weight is 379 g/mol. The van der Waals surface area contributed by atoms with Gasteiger partial charge >= 0.3 is 6.09 Å². The van der Waals surface area contributed by atoms with Crippen molar-refractivity contribution < 1.29 is 19.1 Å². The Kier molecular flexibility index (Phi) is 8.27. The standard InChI is InChI=1S/C18H25N3O4S/c1-2-25-18(24)19-8-7-16(22)20-15-5-3-14(4-6-15)13-17(23)21-9-11-26-12-10-21/h3-6H,2,7-13H2,1H3,(H,19,24)(H,20,22). The van der Waals surface area contributed by atoms with Gasteiger partial charge in [-0.2, -0.15) is 11.8 Å². The fourth-order valence-corrected chi connectivity index (χ4v) is 3.39. The molecule has 1 saturated heterocycles. The van der Waals surface area contributed by atoms with Gasteiger partial charge in [0.25, 0.3) is 0 Å². The number of alkyl carbamates (subject to hydrolysis) is 1. The smallest absolute Gasteiger partial charge is 0.407 e. The highest BCUT2D eigenvalue weighted by atomic mass is 32.2. The summed E-state index contributed by atoms with van der Waals surface area (Å²) in [5.41, 5.74) is 1.59. The number of rotatable bonds is 7. The van der Waals surface area contributed by atoms with Gasteiger partial charge in [-0.3, -0.25) is 9.59 Å². The fraction of sp³-hybridized carbons (Fsp3) is 0.500. The molecule has 8 heteroatoms. The van der Waals surface area contributed by atoms with Crippen molar-refractivity contribution in [3.05, 3.63) is 29.8 Å². The van der Waals surface area contributed by atoms with Gasteiger partial charge in [0.05, 0.1) is 13.0 Å². The molecule has 1 aromatic carbocycles. The van der Waals surface area contributed by atoms with Crippen LogP contribution < -0.4 is 10.6 Å². The molecule has 3 amide bonds. The fourth-order valence-electron chi connectivity index (χ4n) is 2.49. The minimum Gasteiger partial charge on any atom is -0.450 e. The Hall–Kier alpha value is -2.22.